The fourth-order valence-electron chi connectivity index (χ4n) is 3.64. The summed E-state index contributed by atoms with van der Waals surface area (Å²) in [4.78, 5) is 7.22. The molecule has 1 aliphatic rings. The first-order chi connectivity index (χ1) is 10.6. The Morgan fingerprint density at radius 3 is 2.50 bits per heavy atom. The van der Waals surface area contributed by atoms with Crippen LogP contribution in [-0.4, -0.2) is 29.8 Å². The summed E-state index contributed by atoms with van der Waals surface area (Å²) in [6, 6.07) is 8.42. The second kappa shape index (κ2) is 5.88. The summed E-state index contributed by atoms with van der Waals surface area (Å²) >= 11 is 0. The van der Waals surface area contributed by atoms with Gasteiger partial charge in [-0.05, 0) is 50.2 Å². The van der Waals surface area contributed by atoms with Crippen LogP contribution in [0.5, 0.6) is 0 Å². The third-order valence-electron chi connectivity index (χ3n) is 5.57. The summed E-state index contributed by atoms with van der Waals surface area (Å²) in [5.74, 6) is 0. The highest BCUT2D eigenvalue weighted by atomic mass is 16.3. The Hall–Kier alpha value is -1.61. The molecule has 1 aromatic heterocycles. The standard InChI is InChI=1S/C19H26N2O/c1-4-19(13-22)9-11-21(12-10-19)18-14(2)15(3)20-17-8-6-5-7-16(17)18/h5-8,22H,4,9-13H2,1-3H3. The highest BCUT2D eigenvalue weighted by molar-refractivity contribution is 5.93. The summed E-state index contributed by atoms with van der Waals surface area (Å²) in [6.45, 7) is 8.82. The van der Waals surface area contributed by atoms with Gasteiger partial charge in [-0.1, -0.05) is 25.1 Å². The number of piperidine rings is 1. The van der Waals surface area contributed by atoms with Gasteiger partial charge in [-0.25, -0.2) is 0 Å². The number of fused-ring (bicyclic) bond motifs is 1. The second-order valence-corrected chi connectivity index (χ2v) is 6.69. The van der Waals surface area contributed by atoms with Crippen molar-refractivity contribution in [2.24, 2.45) is 5.41 Å². The maximum absolute atomic E-state index is 9.74. The number of aromatic nitrogens is 1. The number of benzene rings is 1. The Labute approximate surface area is 133 Å². The highest BCUT2D eigenvalue weighted by Crippen LogP contribution is 2.39. The minimum absolute atomic E-state index is 0.127. The third kappa shape index (κ3) is 2.48. The summed E-state index contributed by atoms with van der Waals surface area (Å²) in [6.07, 6.45) is 3.19. The highest BCUT2D eigenvalue weighted by Gasteiger charge is 2.33. The van der Waals surface area contributed by atoms with Crippen molar-refractivity contribution in [2.45, 2.75) is 40.0 Å². The minimum atomic E-state index is 0.127. The molecule has 0 amide bonds. The molecule has 0 atom stereocenters. The number of aliphatic hydroxyl groups excluding tert-OH is 1. The van der Waals surface area contributed by atoms with Crippen LogP contribution < -0.4 is 4.90 Å². The molecule has 0 bridgehead atoms. The zero-order chi connectivity index (χ0) is 15.7. The van der Waals surface area contributed by atoms with Crippen LogP contribution in [0.25, 0.3) is 10.9 Å². The average molecular weight is 298 g/mol. The van der Waals surface area contributed by atoms with Crippen molar-refractivity contribution in [3.63, 3.8) is 0 Å². The summed E-state index contributed by atoms with van der Waals surface area (Å²) in [7, 11) is 0. The zero-order valence-corrected chi connectivity index (χ0v) is 13.9. The number of anilines is 1. The van der Waals surface area contributed by atoms with Crippen molar-refractivity contribution in [3.05, 3.63) is 35.5 Å². The first-order valence-electron chi connectivity index (χ1n) is 8.32. The van der Waals surface area contributed by atoms with E-state index in [0.29, 0.717) is 6.61 Å². The second-order valence-electron chi connectivity index (χ2n) is 6.69. The van der Waals surface area contributed by atoms with Gasteiger partial charge in [0, 0.05) is 30.8 Å². The molecule has 1 N–H and O–H groups in total. The largest absolute Gasteiger partial charge is 0.396 e. The van der Waals surface area contributed by atoms with E-state index in [2.05, 4.69) is 49.9 Å². The first-order valence-corrected chi connectivity index (χ1v) is 8.32. The third-order valence-corrected chi connectivity index (χ3v) is 5.57. The number of aryl methyl sites for hydroxylation is 1. The molecular weight excluding hydrogens is 272 g/mol. The number of pyridine rings is 1. The first kappa shape index (κ1) is 15.3. The van der Waals surface area contributed by atoms with E-state index in [1.54, 1.807) is 0 Å². The average Bonchev–Trinajstić information content (AvgIpc) is 2.56. The minimum Gasteiger partial charge on any atom is -0.396 e. The Morgan fingerprint density at radius 2 is 1.86 bits per heavy atom. The van der Waals surface area contributed by atoms with Gasteiger partial charge in [-0.2, -0.15) is 0 Å². The molecule has 0 aliphatic carbocycles. The number of para-hydroxylation sites is 1. The Kier molecular flexibility index (Phi) is 4.09. The van der Waals surface area contributed by atoms with Gasteiger partial charge in [0.05, 0.1) is 11.2 Å². The molecule has 1 aliphatic heterocycles. The van der Waals surface area contributed by atoms with Crippen molar-refractivity contribution < 1.29 is 5.11 Å². The molecule has 22 heavy (non-hydrogen) atoms. The summed E-state index contributed by atoms with van der Waals surface area (Å²) in [5, 5.41) is 11.0. The molecule has 0 spiro atoms. The van der Waals surface area contributed by atoms with Crippen LogP contribution in [0.4, 0.5) is 5.69 Å². The van der Waals surface area contributed by atoms with Crippen LogP contribution in [0.2, 0.25) is 0 Å². The number of hydrogen-bond acceptors (Lipinski definition) is 3. The number of nitrogens with zero attached hydrogens (tertiary/aromatic N) is 2. The fourth-order valence-corrected chi connectivity index (χ4v) is 3.64. The smallest absolute Gasteiger partial charge is 0.0726 e. The van der Waals surface area contributed by atoms with Gasteiger partial charge in [0.2, 0.25) is 0 Å². The number of rotatable bonds is 3. The number of aliphatic hydroxyl groups is 1. The van der Waals surface area contributed by atoms with Crippen LogP contribution >= 0.6 is 0 Å². The van der Waals surface area contributed by atoms with Crippen molar-refractivity contribution in [2.75, 3.05) is 24.6 Å². The van der Waals surface area contributed by atoms with Crippen molar-refractivity contribution >= 4 is 16.6 Å². The maximum Gasteiger partial charge on any atom is 0.0726 e. The van der Waals surface area contributed by atoms with Gasteiger partial charge in [-0.15, -0.1) is 0 Å². The molecule has 2 heterocycles. The van der Waals surface area contributed by atoms with E-state index in [4.69, 9.17) is 4.98 Å². The van der Waals surface area contributed by atoms with Crippen LogP contribution in [0.3, 0.4) is 0 Å². The van der Waals surface area contributed by atoms with Crippen LogP contribution in [0.15, 0.2) is 24.3 Å². The Morgan fingerprint density at radius 1 is 1.18 bits per heavy atom. The Balaban J connectivity index is 1.99. The van der Waals surface area contributed by atoms with E-state index in [-0.39, 0.29) is 5.41 Å². The van der Waals surface area contributed by atoms with Crippen LogP contribution in [0.1, 0.15) is 37.4 Å². The van der Waals surface area contributed by atoms with E-state index >= 15 is 0 Å². The molecule has 0 saturated carbocycles. The lowest BCUT2D eigenvalue weighted by Crippen LogP contribution is -2.42. The molecule has 1 aromatic carbocycles. The van der Waals surface area contributed by atoms with Gasteiger partial charge in [0.15, 0.2) is 0 Å². The van der Waals surface area contributed by atoms with Crippen LogP contribution in [-0.2, 0) is 0 Å². The van der Waals surface area contributed by atoms with Crippen molar-refractivity contribution in [3.8, 4) is 0 Å². The Bertz CT molecular complexity index is 666. The zero-order valence-electron chi connectivity index (χ0n) is 13.9. The van der Waals surface area contributed by atoms with E-state index in [1.807, 2.05) is 0 Å². The SMILES string of the molecule is CCC1(CO)CCN(c2c(C)c(C)nc3ccccc23)CC1. The quantitative estimate of drug-likeness (QED) is 0.935. The predicted molar refractivity (Wildman–Crippen MR) is 92.5 cm³/mol. The maximum atomic E-state index is 9.74. The van der Waals surface area contributed by atoms with Gasteiger partial charge in [0.1, 0.15) is 0 Å². The van der Waals surface area contributed by atoms with Gasteiger partial charge < -0.3 is 10.0 Å². The van der Waals surface area contributed by atoms with Gasteiger partial charge in [-0.3, -0.25) is 4.98 Å². The molecule has 3 rings (SSSR count). The molecule has 0 radical (unpaired) electrons. The number of hydrogen-bond donors (Lipinski definition) is 1. The summed E-state index contributed by atoms with van der Waals surface area (Å²) in [5.41, 5.74) is 4.94. The normalized spacial score (nSPS) is 17.9. The molecule has 1 fully saturated rings. The molecule has 118 valence electrons. The fraction of sp³-hybridized carbons (Fsp3) is 0.526. The van der Waals surface area contributed by atoms with Gasteiger partial charge >= 0.3 is 0 Å². The molecule has 2 aromatic rings. The lowest BCUT2D eigenvalue weighted by Gasteiger charge is -2.42. The monoisotopic (exact) mass is 298 g/mol. The topological polar surface area (TPSA) is 36.4 Å². The summed E-state index contributed by atoms with van der Waals surface area (Å²) < 4.78 is 0. The predicted octanol–water partition coefficient (Wildman–Crippen LogP) is 3.84. The van der Waals surface area contributed by atoms with Crippen molar-refractivity contribution in [1.29, 1.82) is 0 Å². The molecular formula is C19H26N2O. The molecule has 1 saturated heterocycles. The van der Waals surface area contributed by atoms with Crippen molar-refractivity contribution in [1.82, 2.24) is 4.98 Å². The molecule has 3 nitrogen and oxygen atoms in total. The lowest BCUT2D eigenvalue weighted by atomic mass is 9.77. The van der Waals surface area contributed by atoms with E-state index in [0.717, 1.165) is 43.6 Å². The van der Waals surface area contributed by atoms with Gasteiger partial charge in [0.25, 0.3) is 0 Å². The van der Waals surface area contributed by atoms with Crippen LogP contribution in [0, 0.1) is 19.3 Å². The van der Waals surface area contributed by atoms with E-state index in [9.17, 15) is 5.11 Å². The van der Waals surface area contributed by atoms with E-state index < -0.39 is 0 Å². The lowest BCUT2D eigenvalue weighted by molar-refractivity contribution is 0.0922. The molecule has 3 heteroatoms. The van der Waals surface area contributed by atoms with E-state index in [1.165, 1.54) is 16.6 Å². The molecule has 0 unspecified atom stereocenters.